The molecule has 3 aliphatic rings. The zero-order valence-electron chi connectivity index (χ0n) is 15.1. The van der Waals surface area contributed by atoms with Crippen LogP contribution in [0.15, 0.2) is 41.4 Å². The molecule has 1 fully saturated rings. The Kier molecular flexibility index (Phi) is 4.03. The van der Waals surface area contributed by atoms with E-state index in [1.165, 1.54) is 6.07 Å². The molecule has 1 saturated carbocycles. The van der Waals surface area contributed by atoms with Crippen molar-refractivity contribution >= 4 is 17.6 Å². The van der Waals surface area contributed by atoms with E-state index < -0.39 is 11.4 Å². The van der Waals surface area contributed by atoms with Crippen molar-refractivity contribution in [3.63, 3.8) is 0 Å². The maximum absolute atomic E-state index is 13.6. The Bertz CT molecular complexity index is 982. The molecular weight excluding hydrogens is 383 g/mol. The Balaban J connectivity index is 1.65. The number of halogens is 2. The number of fused-ring (bicyclic) bond motifs is 4. The maximum atomic E-state index is 13.6. The Labute approximate surface area is 166 Å². The fraction of sp³-hybridized carbons (Fsp3) is 0.381. The summed E-state index contributed by atoms with van der Waals surface area (Å²) in [5.74, 6) is 0.261. The highest BCUT2D eigenvalue weighted by molar-refractivity contribution is 6.31. The van der Waals surface area contributed by atoms with Crippen molar-refractivity contribution in [3.05, 3.63) is 52.8 Å². The number of nitrogens with two attached hydrogens (primary N) is 1. The van der Waals surface area contributed by atoms with Crippen molar-refractivity contribution in [2.45, 2.75) is 37.0 Å². The van der Waals surface area contributed by atoms with Gasteiger partial charge in [-0.3, -0.25) is 0 Å². The minimum absolute atomic E-state index is 0.0307. The second kappa shape index (κ2) is 6.36. The number of aliphatic imine (C=N–C) groups is 1. The molecule has 28 heavy (non-hydrogen) atoms. The summed E-state index contributed by atoms with van der Waals surface area (Å²) in [6.45, 7) is 0.316. The van der Waals surface area contributed by atoms with Gasteiger partial charge in [0.25, 0.3) is 6.02 Å². The van der Waals surface area contributed by atoms with E-state index in [0.717, 1.165) is 28.9 Å². The van der Waals surface area contributed by atoms with Crippen LogP contribution in [0.4, 0.5) is 4.39 Å². The molecule has 2 aromatic rings. The molecule has 0 aromatic heterocycles. The van der Waals surface area contributed by atoms with E-state index >= 15 is 0 Å². The van der Waals surface area contributed by atoms with Gasteiger partial charge in [0.05, 0.1) is 11.1 Å². The minimum Gasteiger partial charge on any atom is -0.490 e. The molecule has 0 radical (unpaired) electrons. The Morgan fingerprint density at radius 1 is 1.18 bits per heavy atom. The quantitative estimate of drug-likeness (QED) is 0.764. The molecule has 0 saturated heterocycles. The van der Waals surface area contributed by atoms with Crippen LogP contribution in [0.5, 0.6) is 5.75 Å². The molecular formula is C21H20ClFN2O3. The number of hydrogen-bond acceptors (Lipinski definition) is 5. The first-order chi connectivity index (χ1) is 13.5. The topological polar surface area (TPSA) is 77.1 Å². The molecule has 7 heteroatoms. The fourth-order valence-electron chi connectivity index (χ4n) is 4.73. The molecule has 0 amide bonds. The molecule has 2 aromatic carbocycles. The van der Waals surface area contributed by atoms with Gasteiger partial charge in [0.15, 0.2) is 0 Å². The number of aliphatic hydroxyl groups is 1. The third-order valence-electron chi connectivity index (χ3n) is 6.10. The monoisotopic (exact) mass is 402 g/mol. The summed E-state index contributed by atoms with van der Waals surface area (Å²) in [4.78, 5) is 4.70. The van der Waals surface area contributed by atoms with Gasteiger partial charge in [-0.25, -0.2) is 9.38 Å². The van der Waals surface area contributed by atoms with Crippen molar-refractivity contribution in [2.75, 3.05) is 6.61 Å². The Hall–Kier alpha value is -2.31. The summed E-state index contributed by atoms with van der Waals surface area (Å²) < 4.78 is 25.4. The average Bonchev–Trinajstić information content (AvgIpc) is 3.07. The largest absolute Gasteiger partial charge is 0.490 e. The van der Waals surface area contributed by atoms with Crippen LogP contribution in [0, 0.1) is 11.7 Å². The summed E-state index contributed by atoms with van der Waals surface area (Å²) in [6, 6.07) is 10.6. The number of hydrogen-bond donors (Lipinski definition) is 2. The van der Waals surface area contributed by atoms with E-state index in [9.17, 15) is 9.50 Å². The number of rotatable bonds is 1. The van der Waals surface area contributed by atoms with E-state index in [-0.39, 0.29) is 29.2 Å². The number of amidine groups is 1. The summed E-state index contributed by atoms with van der Waals surface area (Å²) in [5, 5.41) is 10.3. The van der Waals surface area contributed by atoms with Gasteiger partial charge in [0.2, 0.25) is 0 Å². The molecule has 146 valence electrons. The molecule has 2 heterocycles. The zero-order valence-corrected chi connectivity index (χ0v) is 15.8. The lowest BCUT2D eigenvalue weighted by atomic mass is 9.67. The number of aliphatic hydroxyl groups excluding tert-OH is 1. The van der Waals surface area contributed by atoms with Crippen LogP contribution in [0.3, 0.4) is 0 Å². The van der Waals surface area contributed by atoms with Gasteiger partial charge in [-0.15, -0.1) is 0 Å². The first-order valence-corrected chi connectivity index (χ1v) is 9.77. The SMILES string of the molecule is NC1=NC2(CO1)c1cc(-c3ccc(F)c(Cl)c3)ccc1O[C@H]1CC[C@H](O)C[C@@H]12. The second-order valence-electron chi connectivity index (χ2n) is 7.73. The molecule has 5 rings (SSSR count). The van der Waals surface area contributed by atoms with Gasteiger partial charge in [0, 0.05) is 11.5 Å². The van der Waals surface area contributed by atoms with Crippen molar-refractivity contribution in [1.29, 1.82) is 0 Å². The van der Waals surface area contributed by atoms with Crippen LogP contribution in [0.2, 0.25) is 5.02 Å². The van der Waals surface area contributed by atoms with Crippen LogP contribution < -0.4 is 10.5 Å². The van der Waals surface area contributed by atoms with Gasteiger partial charge in [-0.1, -0.05) is 23.7 Å². The first kappa shape index (κ1) is 17.8. The van der Waals surface area contributed by atoms with Gasteiger partial charge >= 0.3 is 0 Å². The Morgan fingerprint density at radius 3 is 2.71 bits per heavy atom. The van der Waals surface area contributed by atoms with Crippen LogP contribution in [0.25, 0.3) is 11.1 Å². The predicted molar refractivity (Wildman–Crippen MR) is 104 cm³/mol. The van der Waals surface area contributed by atoms with Crippen molar-refractivity contribution < 1.29 is 19.0 Å². The van der Waals surface area contributed by atoms with Gasteiger partial charge < -0.3 is 20.3 Å². The molecule has 1 aliphatic carbocycles. The summed E-state index contributed by atoms with van der Waals surface area (Å²) in [6.07, 6.45) is 1.62. The fourth-order valence-corrected chi connectivity index (χ4v) is 4.91. The van der Waals surface area contributed by atoms with Crippen LogP contribution >= 0.6 is 11.6 Å². The van der Waals surface area contributed by atoms with Crippen molar-refractivity contribution in [1.82, 2.24) is 0 Å². The van der Waals surface area contributed by atoms with E-state index in [1.54, 1.807) is 12.1 Å². The molecule has 0 bridgehead atoms. The lowest BCUT2D eigenvalue weighted by Gasteiger charge is -2.47. The number of ether oxygens (including phenoxy) is 2. The highest BCUT2D eigenvalue weighted by Crippen LogP contribution is 2.53. The van der Waals surface area contributed by atoms with E-state index in [0.29, 0.717) is 19.4 Å². The van der Waals surface area contributed by atoms with E-state index in [2.05, 4.69) is 0 Å². The van der Waals surface area contributed by atoms with E-state index in [1.807, 2.05) is 18.2 Å². The van der Waals surface area contributed by atoms with Crippen LogP contribution in [-0.4, -0.2) is 29.9 Å². The molecule has 1 unspecified atom stereocenters. The highest BCUT2D eigenvalue weighted by atomic mass is 35.5. The van der Waals surface area contributed by atoms with Gasteiger partial charge in [-0.2, -0.15) is 0 Å². The second-order valence-corrected chi connectivity index (χ2v) is 8.14. The van der Waals surface area contributed by atoms with Crippen LogP contribution in [0.1, 0.15) is 24.8 Å². The molecule has 2 aliphatic heterocycles. The maximum Gasteiger partial charge on any atom is 0.283 e. The van der Waals surface area contributed by atoms with Crippen LogP contribution in [-0.2, 0) is 10.3 Å². The van der Waals surface area contributed by atoms with Gasteiger partial charge in [-0.05, 0) is 54.7 Å². The standard InChI is InChI=1S/C21H20ClFN2O3/c22-16-8-12(1-4-17(16)23)11-2-5-18-14(7-11)21(10-27-20(24)25-21)15-9-13(26)3-6-19(15)28-18/h1-2,4-5,7-8,13,15,19,26H,3,6,9-10H2,(H2,24,25)/t13-,15-,19-,21?/m0/s1. The number of benzene rings is 2. The van der Waals surface area contributed by atoms with Gasteiger partial charge in [0.1, 0.15) is 29.8 Å². The summed E-state index contributed by atoms with van der Waals surface area (Å²) >= 11 is 5.97. The lowest BCUT2D eigenvalue weighted by molar-refractivity contribution is -0.0359. The average molecular weight is 403 g/mol. The highest BCUT2D eigenvalue weighted by Gasteiger charge is 2.55. The third-order valence-corrected chi connectivity index (χ3v) is 6.39. The summed E-state index contributed by atoms with van der Waals surface area (Å²) in [5.41, 5.74) is 7.76. The predicted octanol–water partition coefficient (Wildman–Crippen LogP) is 3.61. The Morgan fingerprint density at radius 2 is 1.96 bits per heavy atom. The smallest absolute Gasteiger partial charge is 0.283 e. The molecule has 1 spiro atoms. The third kappa shape index (κ3) is 2.66. The molecule has 5 nitrogen and oxygen atoms in total. The van der Waals surface area contributed by atoms with E-state index in [4.69, 9.17) is 31.8 Å². The van der Waals surface area contributed by atoms with Crippen molar-refractivity contribution in [3.8, 4) is 16.9 Å². The zero-order chi connectivity index (χ0) is 19.5. The lowest BCUT2D eigenvalue weighted by Crippen LogP contribution is -2.51. The normalized spacial score (nSPS) is 30.8. The first-order valence-electron chi connectivity index (χ1n) is 9.39. The molecule has 4 atom stereocenters. The van der Waals surface area contributed by atoms with Crippen molar-refractivity contribution in [2.24, 2.45) is 16.6 Å². The molecule has 3 N–H and O–H groups in total. The number of nitrogens with zero attached hydrogens (tertiary/aromatic N) is 1. The summed E-state index contributed by atoms with van der Waals surface area (Å²) in [7, 11) is 0. The minimum atomic E-state index is -0.691.